The highest BCUT2D eigenvalue weighted by Gasteiger charge is 2.30. The Morgan fingerprint density at radius 1 is 1.29 bits per heavy atom. The number of amides is 1. The first-order valence-corrected chi connectivity index (χ1v) is 7.95. The summed E-state index contributed by atoms with van der Waals surface area (Å²) in [4.78, 5) is 12.3. The zero-order valence-electron chi connectivity index (χ0n) is 13.4. The molecule has 21 heavy (non-hydrogen) atoms. The minimum Gasteiger partial charge on any atom is -0.349 e. The molecule has 1 aliphatic carbocycles. The van der Waals surface area contributed by atoms with Gasteiger partial charge in [-0.3, -0.25) is 4.79 Å². The molecule has 2 unspecified atom stereocenters. The summed E-state index contributed by atoms with van der Waals surface area (Å²) in [6, 6.07) is 10.3. The van der Waals surface area contributed by atoms with Gasteiger partial charge in [0.25, 0.3) is 0 Å². The number of carbonyl (C=O) groups is 1. The number of nitrogens with two attached hydrogens (primary N) is 1. The van der Waals surface area contributed by atoms with E-state index in [2.05, 4.69) is 38.2 Å². The molecule has 0 radical (unpaired) electrons. The quantitative estimate of drug-likeness (QED) is 0.843. The van der Waals surface area contributed by atoms with Crippen LogP contribution < -0.4 is 11.1 Å². The smallest absolute Gasteiger partial charge is 0.222 e. The maximum atomic E-state index is 12.3. The molecule has 3 N–H and O–H groups in total. The molecule has 116 valence electrons. The number of rotatable bonds is 6. The Balaban J connectivity index is 1.99. The second-order valence-corrected chi connectivity index (χ2v) is 7.50. The van der Waals surface area contributed by atoms with E-state index in [9.17, 15) is 4.79 Å². The second kappa shape index (κ2) is 6.61. The van der Waals surface area contributed by atoms with Crippen LogP contribution in [0.4, 0.5) is 0 Å². The van der Waals surface area contributed by atoms with Crippen LogP contribution in [0.1, 0.15) is 58.1 Å². The van der Waals surface area contributed by atoms with Gasteiger partial charge in [0.15, 0.2) is 0 Å². The molecule has 1 saturated carbocycles. The third kappa shape index (κ3) is 5.50. The Morgan fingerprint density at radius 2 is 1.90 bits per heavy atom. The summed E-state index contributed by atoms with van der Waals surface area (Å²) in [5, 5.41) is 3.18. The first-order valence-electron chi connectivity index (χ1n) is 7.95. The molecule has 0 aromatic heterocycles. The molecule has 0 bridgehead atoms. The van der Waals surface area contributed by atoms with Gasteiger partial charge in [-0.1, -0.05) is 51.1 Å². The minimum absolute atomic E-state index is 0.0241. The summed E-state index contributed by atoms with van der Waals surface area (Å²) in [7, 11) is 0. The van der Waals surface area contributed by atoms with Crippen LogP contribution in [0.2, 0.25) is 0 Å². The van der Waals surface area contributed by atoms with Gasteiger partial charge in [-0.05, 0) is 36.2 Å². The van der Waals surface area contributed by atoms with Gasteiger partial charge in [-0.25, -0.2) is 0 Å². The summed E-state index contributed by atoms with van der Waals surface area (Å²) >= 11 is 0. The van der Waals surface area contributed by atoms with Crippen molar-refractivity contribution in [3.8, 4) is 0 Å². The Labute approximate surface area is 128 Å². The number of carbonyl (C=O) groups excluding carboxylic acids is 1. The van der Waals surface area contributed by atoms with Crippen molar-refractivity contribution in [1.29, 1.82) is 0 Å². The first kappa shape index (κ1) is 16.0. The van der Waals surface area contributed by atoms with Gasteiger partial charge in [-0.15, -0.1) is 0 Å². The van der Waals surface area contributed by atoms with Crippen LogP contribution in [0.15, 0.2) is 30.3 Å². The minimum atomic E-state index is 0.0241. The average molecular weight is 288 g/mol. The van der Waals surface area contributed by atoms with E-state index in [1.165, 1.54) is 18.4 Å². The standard InChI is InChI=1S/C18H28N2O/c1-18(2,3)12-16(14-7-5-4-6-8-14)20-17(21)11-15(19)13-9-10-13/h4-8,13,15-16H,9-12,19H2,1-3H3,(H,20,21). The Hall–Kier alpha value is -1.35. The molecule has 0 heterocycles. The fourth-order valence-corrected chi connectivity index (χ4v) is 2.71. The molecule has 1 aromatic carbocycles. The van der Waals surface area contributed by atoms with E-state index < -0.39 is 0 Å². The fraction of sp³-hybridized carbons (Fsp3) is 0.611. The van der Waals surface area contributed by atoms with Gasteiger partial charge in [-0.2, -0.15) is 0 Å². The van der Waals surface area contributed by atoms with Crippen molar-refractivity contribution < 1.29 is 4.79 Å². The van der Waals surface area contributed by atoms with E-state index in [1.54, 1.807) is 0 Å². The van der Waals surface area contributed by atoms with E-state index in [0.29, 0.717) is 12.3 Å². The summed E-state index contributed by atoms with van der Waals surface area (Å²) in [5.41, 5.74) is 7.39. The highest BCUT2D eigenvalue weighted by molar-refractivity contribution is 5.77. The van der Waals surface area contributed by atoms with Gasteiger partial charge in [0, 0.05) is 12.5 Å². The van der Waals surface area contributed by atoms with Gasteiger partial charge in [0.2, 0.25) is 5.91 Å². The highest BCUT2D eigenvalue weighted by Crippen LogP contribution is 2.33. The number of hydrogen-bond acceptors (Lipinski definition) is 2. The fourth-order valence-electron chi connectivity index (χ4n) is 2.71. The molecular formula is C18H28N2O. The Morgan fingerprint density at radius 3 is 2.43 bits per heavy atom. The van der Waals surface area contributed by atoms with Gasteiger partial charge >= 0.3 is 0 Å². The van der Waals surface area contributed by atoms with Crippen LogP contribution in [0, 0.1) is 11.3 Å². The lowest BCUT2D eigenvalue weighted by molar-refractivity contribution is -0.122. The van der Waals surface area contributed by atoms with Crippen molar-refractivity contribution in [3.05, 3.63) is 35.9 Å². The predicted octanol–water partition coefficient (Wildman–Crippen LogP) is 3.41. The zero-order valence-corrected chi connectivity index (χ0v) is 13.4. The number of hydrogen-bond donors (Lipinski definition) is 2. The molecule has 1 aromatic rings. The second-order valence-electron chi connectivity index (χ2n) is 7.50. The van der Waals surface area contributed by atoms with Gasteiger partial charge < -0.3 is 11.1 Å². The van der Waals surface area contributed by atoms with Crippen molar-refractivity contribution in [2.45, 2.75) is 58.5 Å². The molecule has 2 rings (SSSR count). The van der Waals surface area contributed by atoms with Crippen molar-refractivity contribution >= 4 is 5.91 Å². The lowest BCUT2D eigenvalue weighted by Gasteiger charge is -2.27. The summed E-state index contributed by atoms with van der Waals surface area (Å²) in [6.07, 6.45) is 3.72. The maximum absolute atomic E-state index is 12.3. The van der Waals surface area contributed by atoms with E-state index in [-0.39, 0.29) is 23.4 Å². The normalized spacial score (nSPS) is 18.1. The average Bonchev–Trinajstić information content (AvgIpc) is 3.21. The Bertz CT molecular complexity index is 460. The molecule has 1 aliphatic rings. The zero-order chi connectivity index (χ0) is 15.5. The van der Waals surface area contributed by atoms with Crippen molar-refractivity contribution in [2.24, 2.45) is 17.1 Å². The topological polar surface area (TPSA) is 55.1 Å². The van der Waals surface area contributed by atoms with Crippen molar-refractivity contribution in [2.75, 3.05) is 0 Å². The molecule has 0 spiro atoms. The van der Waals surface area contributed by atoms with Crippen LogP contribution in [-0.2, 0) is 4.79 Å². The van der Waals surface area contributed by atoms with Crippen LogP contribution in [0.3, 0.4) is 0 Å². The molecule has 1 amide bonds. The van der Waals surface area contributed by atoms with Crippen LogP contribution in [-0.4, -0.2) is 11.9 Å². The molecule has 3 heteroatoms. The molecule has 0 saturated heterocycles. The third-order valence-electron chi connectivity index (χ3n) is 4.00. The molecule has 2 atom stereocenters. The molecule has 0 aliphatic heterocycles. The Kier molecular flexibility index (Phi) is 5.04. The van der Waals surface area contributed by atoms with Crippen LogP contribution >= 0.6 is 0 Å². The van der Waals surface area contributed by atoms with Crippen molar-refractivity contribution in [3.63, 3.8) is 0 Å². The third-order valence-corrected chi connectivity index (χ3v) is 4.00. The first-order chi connectivity index (χ1) is 9.85. The number of nitrogens with one attached hydrogen (secondary N) is 1. The number of benzene rings is 1. The monoisotopic (exact) mass is 288 g/mol. The maximum Gasteiger partial charge on any atom is 0.222 e. The lowest BCUT2D eigenvalue weighted by atomic mass is 9.85. The molecule has 1 fully saturated rings. The van der Waals surface area contributed by atoms with Crippen LogP contribution in [0.25, 0.3) is 0 Å². The van der Waals surface area contributed by atoms with Gasteiger partial charge in [0.1, 0.15) is 0 Å². The SMILES string of the molecule is CC(C)(C)CC(NC(=O)CC(N)C1CC1)c1ccccc1. The van der Waals surface area contributed by atoms with E-state index >= 15 is 0 Å². The largest absolute Gasteiger partial charge is 0.349 e. The lowest BCUT2D eigenvalue weighted by Crippen LogP contribution is -2.36. The highest BCUT2D eigenvalue weighted by atomic mass is 16.1. The van der Waals surface area contributed by atoms with E-state index in [0.717, 1.165) is 6.42 Å². The van der Waals surface area contributed by atoms with Crippen molar-refractivity contribution in [1.82, 2.24) is 5.32 Å². The summed E-state index contributed by atoms with van der Waals surface area (Å²) in [6.45, 7) is 6.60. The molecular weight excluding hydrogens is 260 g/mol. The van der Waals surface area contributed by atoms with Gasteiger partial charge in [0.05, 0.1) is 6.04 Å². The summed E-state index contributed by atoms with van der Waals surface area (Å²) in [5.74, 6) is 0.640. The van der Waals surface area contributed by atoms with Crippen LogP contribution in [0.5, 0.6) is 0 Å². The van der Waals surface area contributed by atoms with E-state index in [1.807, 2.05) is 18.2 Å². The predicted molar refractivity (Wildman–Crippen MR) is 86.7 cm³/mol. The molecule has 3 nitrogen and oxygen atoms in total. The summed E-state index contributed by atoms with van der Waals surface area (Å²) < 4.78 is 0. The van der Waals surface area contributed by atoms with E-state index in [4.69, 9.17) is 5.73 Å².